The van der Waals surface area contributed by atoms with Crippen LogP contribution in [-0.4, -0.2) is 26.3 Å². The third-order valence-electron chi connectivity index (χ3n) is 4.37. The molecule has 4 aromatic carbocycles. The van der Waals surface area contributed by atoms with Gasteiger partial charge in [-0.05, 0) is 0 Å². The van der Waals surface area contributed by atoms with Gasteiger partial charge < -0.3 is 0 Å². The molecule has 26 heavy (non-hydrogen) atoms. The van der Waals surface area contributed by atoms with Crippen molar-refractivity contribution in [1.82, 2.24) is 0 Å². The van der Waals surface area contributed by atoms with Crippen LogP contribution in [0.3, 0.4) is 0 Å². The van der Waals surface area contributed by atoms with E-state index in [1.807, 2.05) is 0 Å². The van der Waals surface area contributed by atoms with Crippen molar-refractivity contribution < 1.29 is 0 Å². The second-order valence-corrected chi connectivity index (χ2v) is 13.3. The molecule has 130 valence electrons. The van der Waals surface area contributed by atoms with E-state index in [1.165, 1.54) is 41.6 Å². The molecule has 0 fully saturated rings. The first-order valence-corrected chi connectivity index (χ1v) is 16.6. The first kappa shape index (κ1) is 18.7. The molecule has 0 bridgehead atoms. The SMILES string of the molecule is BrCc1cc2ccccc2cc1[Se][Se]c1cc2ccccc2cc1CBr. The van der Waals surface area contributed by atoms with Crippen LogP contribution in [0.1, 0.15) is 11.1 Å². The van der Waals surface area contributed by atoms with Crippen molar-refractivity contribution in [3.8, 4) is 0 Å². The van der Waals surface area contributed by atoms with Gasteiger partial charge in [0, 0.05) is 0 Å². The van der Waals surface area contributed by atoms with Crippen molar-refractivity contribution >= 4 is 88.6 Å². The van der Waals surface area contributed by atoms with Gasteiger partial charge in [0.2, 0.25) is 0 Å². The summed E-state index contributed by atoms with van der Waals surface area (Å²) in [5.74, 6) is 0. The van der Waals surface area contributed by atoms with Crippen LogP contribution in [0.2, 0.25) is 0 Å². The van der Waals surface area contributed by atoms with Gasteiger partial charge in [0.1, 0.15) is 0 Å². The fourth-order valence-corrected chi connectivity index (χ4v) is 12.2. The molecular formula is C22H16Br2Se2. The summed E-state index contributed by atoms with van der Waals surface area (Å²) in [7, 11) is 0. The molecule has 0 aliphatic rings. The molecule has 0 spiro atoms. The molecule has 4 rings (SSSR count). The fraction of sp³-hybridized carbons (Fsp3) is 0.0909. The Morgan fingerprint density at radius 1 is 0.538 bits per heavy atom. The van der Waals surface area contributed by atoms with Crippen molar-refractivity contribution in [1.29, 1.82) is 0 Å². The average molecular weight is 598 g/mol. The van der Waals surface area contributed by atoms with Crippen molar-refractivity contribution in [2.45, 2.75) is 10.7 Å². The van der Waals surface area contributed by atoms with Gasteiger partial charge in [-0.2, -0.15) is 0 Å². The van der Waals surface area contributed by atoms with Gasteiger partial charge in [-0.1, -0.05) is 0 Å². The summed E-state index contributed by atoms with van der Waals surface area (Å²) < 4.78 is 3.06. The molecular weight excluding hydrogens is 582 g/mol. The molecule has 0 N–H and O–H groups in total. The van der Waals surface area contributed by atoms with E-state index in [-0.39, 0.29) is 0 Å². The van der Waals surface area contributed by atoms with Crippen LogP contribution in [0.5, 0.6) is 0 Å². The molecule has 0 heterocycles. The summed E-state index contributed by atoms with van der Waals surface area (Å²) in [6.45, 7) is 0. The third-order valence-corrected chi connectivity index (χ3v) is 12.9. The van der Waals surface area contributed by atoms with Crippen LogP contribution >= 0.6 is 31.9 Å². The normalized spacial score (nSPS) is 11.3. The molecule has 0 nitrogen and oxygen atoms in total. The van der Waals surface area contributed by atoms with E-state index in [9.17, 15) is 0 Å². The molecule has 4 aromatic rings. The first-order chi connectivity index (χ1) is 12.8. The summed E-state index contributed by atoms with van der Waals surface area (Å²) in [6, 6.07) is 26.9. The Morgan fingerprint density at radius 3 is 1.23 bits per heavy atom. The molecule has 0 saturated carbocycles. The Balaban J connectivity index is 1.68. The minimum atomic E-state index is 0.472. The molecule has 0 radical (unpaired) electrons. The number of fused-ring (bicyclic) bond motifs is 2. The van der Waals surface area contributed by atoms with Crippen LogP contribution in [0.25, 0.3) is 21.5 Å². The zero-order valence-electron chi connectivity index (χ0n) is 13.9. The number of hydrogen-bond donors (Lipinski definition) is 0. The molecule has 0 unspecified atom stereocenters. The number of benzene rings is 4. The Bertz CT molecular complexity index is 989. The van der Waals surface area contributed by atoms with Crippen LogP contribution in [0.4, 0.5) is 0 Å². The number of halogens is 2. The zero-order chi connectivity index (χ0) is 17.9. The van der Waals surface area contributed by atoms with Crippen molar-refractivity contribution in [3.63, 3.8) is 0 Å². The van der Waals surface area contributed by atoms with Gasteiger partial charge in [0.15, 0.2) is 0 Å². The maximum absolute atomic E-state index is 3.69. The van der Waals surface area contributed by atoms with Gasteiger partial charge in [-0.3, -0.25) is 0 Å². The van der Waals surface area contributed by atoms with E-state index in [2.05, 4.69) is 105 Å². The predicted octanol–water partition coefficient (Wildman–Crippen LogP) is 5.06. The second-order valence-electron chi connectivity index (χ2n) is 6.05. The van der Waals surface area contributed by atoms with Crippen LogP contribution in [0, 0.1) is 0 Å². The van der Waals surface area contributed by atoms with Gasteiger partial charge in [0.25, 0.3) is 0 Å². The maximum atomic E-state index is 3.69. The standard InChI is InChI=1S/C22H16Br2Se2/c23-13-19-9-15-5-1-3-7-17(15)11-21(19)25-26-22-12-18-8-4-2-6-16(18)10-20(22)14-24/h1-12H,13-14H2. The number of alkyl halides is 2. The van der Waals surface area contributed by atoms with Crippen molar-refractivity contribution in [3.05, 3.63) is 83.9 Å². The summed E-state index contributed by atoms with van der Waals surface area (Å²) >= 11 is 8.32. The predicted molar refractivity (Wildman–Crippen MR) is 124 cm³/mol. The monoisotopic (exact) mass is 598 g/mol. The Labute approximate surface area is 181 Å². The van der Waals surface area contributed by atoms with E-state index >= 15 is 0 Å². The van der Waals surface area contributed by atoms with Gasteiger partial charge in [-0.25, -0.2) is 0 Å². The average Bonchev–Trinajstić information content (AvgIpc) is 2.70. The quantitative estimate of drug-likeness (QED) is 0.223. The molecule has 0 amide bonds. The Hall–Kier alpha value is -0.601. The summed E-state index contributed by atoms with van der Waals surface area (Å²) in [4.78, 5) is 0. The van der Waals surface area contributed by atoms with Gasteiger partial charge >= 0.3 is 183 Å². The van der Waals surface area contributed by atoms with E-state index < -0.39 is 0 Å². The van der Waals surface area contributed by atoms with Crippen molar-refractivity contribution in [2.75, 3.05) is 0 Å². The first-order valence-electron chi connectivity index (χ1n) is 8.28. The van der Waals surface area contributed by atoms with Crippen LogP contribution in [0.15, 0.2) is 72.8 Å². The molecule has 0 aliphatic heterocycles. The van der Waals surface area contributed by atoms with Crippen LogP contribution in [-0.2, 0) is 10.7 Å². The topological polar surface area (TPSA) is 0 Å². The fourth-order valence-electron chi connectivity index (χ4n) is 2.99. The van der Waals surface area contributed by atoms with E-state index in [1.54, 1.807) is 0 Å². The molecule has 0 aliphatic carbocycles. The molecule has 0 atom stereocenters. The Kier molecular flexibility index (Phi) is 6.21. The molecule has 0 saturated heterocycles. The van der Waals surface area contributed by atoms with E-state index in [0.29, 0.717) is 26.3 Å². The third kappa shape index (κ3) is 3.97. The Morgan fingerprint density at radius 2 is 0.885 bits per heavy atom. The minimum absolute atomic E-state index is 0.472. The molecule has 4 heteroatoms. The summed E-state index contributed by atoms with van der Waals surface area (Å²) in [5, 5.41) is 7.22. The summed E-state index contributed by atoms with van der Waals surface area (Å²) in [5.41, 5.74) is 2.87. The summed E-state index contributed by atoms with van der Waals surface area (Å²) in [6.07, 6.45) is 0. The van der Waals surface area contributed by atoms with Crippen LogP contribution < -0.4 is 8.92 Å². The number of hydrogen-bond acceptors (Lipinski definition) is 0. The van der Waals surface area contributed by atoms with Gasteiger partial charge in [0.05, 0.1) is 0 Å². The zero-order valence-corrected chi connectivity index (χ0v) is 20.5. The van der Waals surface area contributed by atoms with E-state index in [4.69, 9.17) is 0 Å². The van der Waals surface area contributed by atoms with E-state index in [0.717, 1.165) is 10.7 Å². The van der Waals surface area contributed by atoms with Gasteiger partial charge in [-0.15, -0.1) is 0 Å². The second kappa shape index (κ2) is 8.61. The molecule has 0 aromatic heterocycles. The number of rotatable bonds is 5. The van der Waals surface area contributed by atoms with Crippen molar-refractivity contribution in [2.24, 2.45) is 0 Å².